The molecule has 0 radical (unpaired) electrons. The summed E-state index contributed by atoms with van der Waals surface area (Å²) in [5.74, 6) is -1.56. The Morgan fingerprint density at radius 1 is 1.00 bits per heavy atom. The summed E-state index contributed by atoms with van der Waals surface area (Å²) < 4.78 is 45.7. The minimum Gasteiger partial charge on any atom is -0.479 e. The largest absolute Gasteiger partial charge is 0.479 e. The monoisotopic (exact) mass is 410 g/mol. The van der Waals surface area contributed by atoms with Gasteiger partial charge in [-0.3, -0.25) is 4.79 Å². The highest BCUT2D eigenvalue weighted by Gasteiger charge is 2.23. The van der Waals surface area contributed by atoms with Gasteiger partial charge in [-0.1, -0.05) is 0 Å². The van der Waals surface area contributed by atoms with Crippen LogP contribution in [0.4, 0.5) is 10.1 Å². The molecule has 2 aromatic carbocycles. The Morgan fingerprint density at radius 3 is 2.11 bits per heavy atom. The van der Waals surface area contributed by atoms with Crippen molar-refractivity contribution in [3.05, 3.63) is 54.3 Å². The molecule has 10 heteroatoms. The number of nitrogens with one attached hydrogen (secondary N) is 1. The lowest BCUT2D eigenvalue weighted by molar-refractivity contribution is -0.159. The molecule has 3 N–H and O–H groups in total. The number of carbonyl (C=O) groups is 2. The Balaban J connectivity index is 1.90. The molecule has 0 spiro atoms. The fourth-order valence-electron chi connectivity index (χ4n) is 2.06. The zero-order chi connectivity index (χ0) is 20.9. The number of carbonyl (C=O) groups excluding carboxylic acids is 2. The van der Waals surface area contributed by atoms with E-state index in [-0.39, 0.29) is 10.6 Å². The smallest absolute Gasteiger partial charge is 0.347 e. The van der Waals surface area contributed by atoms with Crippen LogP contribution in [0.5, 0.6) is 5.75 Å². The molecule has 2 unspecified atom stereocenters. The number of halogens is 1. The van der Waals surface area contributed by atoms with Gasteiger partial charge in [0.05, 0.1) is 4.90 Å². The van der Waals surface area contributed by atoms with Crippen molar-refractivity contribution in [2.45, 2.75) is 31.0 Å². The molecule has 1 amide bonds. The molecule has 2 aromatic rings. The van der Waals surface area contributed by atoms with Crippen molar-refractivity contribution in [3.63, 3.8) is 0 Å². The van der Waals surface area contributed by atoms with Crippen LogP contribution in [0.1, 0.15) is 13.8 Å². The van der Waals surface area contributed by atoms with E-state index >= 15 is 0 Å². The van der Waals surface area contributed by atoms with Gasteiger partial charge in [0.25, 0.3) is 5.91 Å². The maximum Gasteiger partial charge on any atom is 0.347 e. The summed E-state index contributed by atoms with van der Waals surface area (Å²) in [5, 5.41) is 7.49. The lowest BCUT2D eigenvalue weighted by atomic mass is 10.3. The van der Waals surface area contributed by atoms with Crippen LogP contribution in [0.25, 0.3) is 0 Å². The molecule has 0 aliphatic carbocycles. The number of benzene rings is 2. The number of esters is 1. The summed E-state index contributed by atoms with van der Waals surface area (Å²) in [5.41, 5.74) is 0.302. The highest BCUT2D eigenvalue weighted by molar-refractivity contribution is 7.89. The van der Waals surface area contributed by atoms with Crippen LogP contribution in [-0.2, 0) is 24.3 Å². The van der Waals surface area contributed by atoms with E-state index in [1.54, 1.807) is 0 Å². The van der Waals surface area contributed by atoms with Crippen molar-refractivity contribution in [2.24, 2.45) is 5.14 Å². The molecule has 0 saturated heterocycles. The molecule has 0 fully saturated rings. The zero-order valence-corrected chi connectivity index (χ0v) is 15.9. The van der Waals surface area contributed by atoms with Gasteiger partial charge in [0.1, 0.15) is 11.6 Å². The summed E-state index contributed by atoms with van der Waals surface area (Å²) in [6.07, 6.45) is -2.15. The van der Waals surface area contributed by atoms with Crippen LogP contribution in [0.2, 0.25) is 0 Å². The number of primary sulfonamides is 1. The summed E-state index contributed by atoms with van der Waals surface area (Å²) in [6, 6.07) is 10.3. The minimum atomic E-state index is -3.83. The third kappa shape index (κ3) is 6.03. The van der Waals surface area contributed by atoms with E-state index in [1.807, 2.05) is 0 Å². The fraction of sp³-hybridized carbons (Fsp3) is 0.222. The predicted octanol–water partition coefficient (Wildman–Crippen LogP) is 1.81. The highest BCUT2D eigenvalue weighted by Crippen LogP contribution is 2.15. The molecule has 8 nitrogen and oxygen atoms in total. The van der Waals surface area contributed by atoms with Gasteiger partial charge in [0.15, 0.2) is 12.2 Å². The molecular weight excluding hydrogens is 391 g/mol. The average molecular weight is 410 g/mol. The molecule has 2 atom stereocenters. The van der Waals surface area contributed by atoms with Crippen LogP contribution in [0.3, 0.4) is 0 Å². The van der Waals surface area contributed by atoms with Crippen LogP contribution >= 0.6 is 0 Å². The van der Waals surface area contributed by atoms with Crippen molar-refractivity contribution in [1.82, 2.24) is 0 Å². The zero-order valence-electron chi connectivity index (χ0n) is 15.1. The first-order chi connectivity index (χ1) is 13.1. The summed E-state index contributed by atoms with van der Waals surface area (Å²) in [7, 11) is -3.83. The maximum absolute atomic E-state index is 12.9. The summed E-state index contributed by atoms with van der Waals surface area (Å²) in [4.78, 5) is 24.1. The number of amides is 1. The molecule has 0 saturated carbocycles. The van der Waals surface area contributed by atoms with Crippen LogP contribution in [0, 0.1) is 5.82 Å². The number of hydrogen-bond acceptors (Lipinski definition) is 6. The third-order valence-electron chi connectivity index (χ3n) is 3.57. The summed E-state index contributed by atoms with van der Waals surface area (Å²) >= 11 is 0. The van der Waals surface area contributed by atoms with Crippen LogP contribution in [-0.4, -0.2) is 32.5 Å². The van der Waals surface area contributed by atoms with Gasteiger partial charge in [0, 0.05) is 5.69 Å². The topological polar surface area (TPSA) is 125 Å². The molecule has 0 aliphatic rings. The summed E-state index contributed by atoms with van der Waals surface area (Å²) in [6.45, 7) is 2.80. The third-order valence-corrected chi connectivity index (χ3v) is 4.50. The van der Waals surface area contributed by atoms with Gasteiger partial charge in [0.2, 0.25) is 10.0 Å². The lowest BCUT2D eigenvalue weighted by Gasteiger charge is -2.18. The number of sulfonamides is 1. The van der Waals surface area contributed by atoms with Gasteiger partial charge in [-0.05, 0) is 62.4 Å². The van der Waals surface area contributed by atoms with Crippen LogP contribution < -0.4 is 15.2 Å². The maximum atomic E-state index is 12.9. The van der Waals surface area contributed by atoms with Crippen molar-refractivity contribution in [1.29, 1.82) is 0 Å². The van der Waals surface area contributed by atoms with E-state index in [4.69, 9.17) is 14.6 Å². The minimum absolute atomic E-state index is 0.100. The SMILES string of the molecule is CC(OC(=O)C(C)Oc1ccc(F)cc1)C(=O)Nc1ccc(S(N)(=O)=O)cc1. The Hall–Kier alpha value is -2.98. The quantitative estimate of drug-likeness (QED) is 0.671. The Bertz CT molecular complexity index is 945. The van der Waals surface area contributed by atoms with Crippen molar-refractivity contribution >= 4 is 27.6 Å². The first-order valence-corrected chi connectivity index (χ1v) is 9.67. The standard InChI is InChI=1S/C18H19FN2O6S/c1-11(17(22)21-14-5-9-16(10-6-14)28(20,24)25)27-18(23)12(2)26-15-7-3-13(19)4-8-15/h3-12H,1-2H3,(H,21,22)(H2,20,24,25). The normalized spacial score (nSPS) is 13.3. The molecular formula is C18H19FN2O6S. The van der Waals surface area contributed by atoms with E-state index in [0.29, 0.717) is 5.69 Å². The number of ether oxygens (including phenoxy) is 2. The van der Waals surface area contributed by atoms with Gasteiger partial charge in [-0.25, -0.2) is 22.7 Å². The van der Waals surface area contributed by atoms with E-state index < -0.39 is 39.9 Å². The molecule has 0 aromatic heterocycles. The number of nitrogens with two attached hydrogens (primary N) is 1. The second-order valence-corrected chi connectivity index (χ2v) is 7.41. The first kappa shape index (κ1) is 21.3. The van der Waals surface area contributed by atoms with Crippen molar-refractivity contribution in [2.75, 3.05) is 5.32 Å². The average Bonchev–Trinajstić information content (AvgIpc) is 2.63. The number of hydrogen-bond donors (Lipinski definition) is 2. The first-order valence-electron chi connectivity index (χ1n) is 8.12. The molecule has 150 valence electrons. The van der Waals surface area contributed by atoms with E-state index in [9.17, 15) is 22.4 Å². The molecule has 0 heterocycles. The molecule has 0 bridgehead atoms. The van der Waals surface area contributed by atoms with Crippen molar-refractivity contribution in [3.8, 4) is 5.75 Å². The van der Waals surface area contributed by atoms with Gasteiger partial charge in [-0.2, -0.15) is 0 Å². The Kier molecular flexibility index (Phi) is 6.71. The van der Waals surface area contributed by atoms with Crippen molar-refractivity contribution < 1.29 is 31.9 Å². The van der Waals surface area contributed by atoms with E-state index in [1.165, 1.54) is 62.4 Å². The molecule has 2 rings (SSSR count). The van der Waals surface area contributed by atoms with Crippen LogP contribution in [0.15, 0.2) is 53.4 Å². The second-order valence-electron chi connectivity index (χ2n) is 5.85. The molecule has 0 aliphatic heterocycles. The fourth-order valence-corrected chi connectivity index (χ4v) is 2.58. The van der Waals surface area contributed by atoms with Gasteiger partial charge in [-0.15, -0.1) is 0 Å². The highest BCUT2D eigenvalue weighted by atomic mass is 32.2. The predicted molar refractivity (Wildman–Crippen MR) is 98.5 cm³/mol. The van der Waals surface area contributed by atoms with E-state index in [2.05, 4.69) is 5.32 Å². The van der Waals surface area contributed by atoms with Gasteiger partial charge < -0.3 is 14.8 Å². The van der Waals surface area contributed by atoms with E-state index in [0.717, 1.165) is 0 Å². The second kappa shape index (κ2) is 8.81. The Morgan fingerprint density at radius 2 is 1.57 bits per heavy atom. The Labute approximate surface area is 161 Å². The molecule has 28 heavy (non-hydrogen) atoms. The number of anilines is 1. The van der Waals surface area contributed by atoms with Gasteiger partial charge >= 0.3 is 5.97 Å². The number of rotatable bonds is 7. The lowest BCUT2D eigenvalue weighted by Crippen LogP contribution is -2.35.